The fraction of sp³-hybridized carbons (Fsp3) is 0.556. The summed E-state index contributed by atoms with van der Waals surface area (Å²) in [6.45, 7) is 3.71. The van der Waals surface area contributed by atoms with Crippen molar-refractivity contribution in [3.05, 3.63) is 35.6 Å². The molecule has 1 saturated heterocycles. The number of carbonyl (C=O) groups is 2. The van der Waals surface area contributed by atoms with Crippen molar-refractivity contribution in [3.63, 3.8) is 0 Å². The van der Waals surface area contributed by atoms with Gasteiger partial charge in [0.1, 0.15) is 5.82 Å². The molecule has 2 N–H and O–H groups in total. The van der Waals surface area contributed by atoms with Crippen LogP contribution in [0.1, 0.15) is 38.2 Å². The van der Waals surface area contributed by atoms with Crippen LogP contribution in [-0.4, -0.2) is 42.5 Å². The maximum Gasteiger partial charge on any atom is 0.315 e. The van der Waals surface area contributed by atoms with E-state index in [-0.39, 0.29) is 29.2 Å². The number of halogens is 1. The van der Waals surface area contributed by atoms with Crippen LogP contribution in [0.25, 0.3) is 0 Å². The lowest BCUT2D eigenvalue weighted by Gasteiger charge is -2.23. The van der Waals surface area contributed by atoms with Crippen LogP contribution in [0, 0.1) is 5.82 Å². The Bertz CT molecular complexity index is 630. The number of carbonyl (C=O) groups excluding carboxylic acids is 2. The van der Waals surface area contributed by atoms with E-state index < -0.39 is 0 Å². The first-order valence-electron chi connectivity index (χ1n) is 8.57. The molecule has 3 amide bonds. The molecule has 1 heterocycles. The predicted octanol–water partition coefficient (Wildman–Crippen LogP) is 2.17. The predicted molar refractivity (Wildman–Crippen MR) is 89.1 cm³/mol. The van der Waals surface area contributed by atoms with Crippen LogP contribution in [0.5, 0.6) is 0 Å². The van der Waals surface area contributed by atoms with Gasteiger partial charge in [0.2, 0.25) is 5.91 Å². The number of benzene rings is 1. The minimum absolute atomic E-state index is 0.101. The Labute approximate surface area is 141 Å². The normalized spacial score (nSPS) is 19.9. The Morgan fingerprint density at radius 1 is 1.42 bits per heavy atom. The second kappa shape index (κ2) is 6.79. The molecule has 1 aliphatic carbocycles. The summed E-state index contributed by atoms with van der Waals surface area (Å²) < 4.78 is 13.4. The average molecular weight is 333 g/mol. The van der Waals surface area contributed by atoms with E-state index >= 15 is 0 Å². The summed E-state index contributed by atoms with van der Waals surface area (Å²) in [5.41, 5.74) is 0.812. The summed E-state index contributed by atoms with van der Waals surface area (Å²) in [5, 5.41) is 5.77. The third-order valence-corrected chi connectivity index (χ3v) is 4.92. The van der Waals surface area contributed by atoms with Gasteiger partial charge >= 0.3 is 6.03 Å². The van der Waals surface area contributed by atoms with Gasteiger partial charge in [-0.15, -0.1) is 0 Å². The van der Waals surface area contributed by atoms with Gasteiger partial charge in [-0.25, -0.2) is 9.18 Å². The molecule has 24 heavy (non-hydrogen) atoms. The molecule has 0 bridgehead atoms. The van der Waals surface area contributed by atoms with Gasteiger partial charge in [0.15, 0.2) is 0 Å². The molecule has 0 unspecified atom stereocenters. The topological polar surface area (TPSA) is 61.4 Å². The fourth-order valence-electron chi connectivity index (χ4n) is 3.33. The van der Waals surface area contributed by atoms with Crippen LogP contribution in [0.3, 0.4) is 0 Å². The molecule has 1 aromatic carbocycles. The molecule has 1 aliphatic heterocycles. The Balaban J connectivity index is 1.46. The maximum atomic E-state index is 13.4. The van der Waals surface area contributed by atoms with Crippen molar-refractivity contribution in [1.29, 1.82) is 0 Å². The number of hydrogen-bond donors (Lipinski definition) is 2. The molecular weight excluding hydrogens is 309 g/mol. The van der Waals surface area contributed by atoms with Gasteiger partial charge in [-0.3, -0.25) is 4.79 Å². The van der Waals surface area contributed by atoms with Crippen molar-refractivity contribution in [3.8, 4) is 0 Å². The van der Waals surface area contributed by atoms with Crippen molar-refractivity contribution in [1.82, 2.24) is 15.5 Å². The van der Waals surface area contributed by atoms with E-state index in [0.29, 0.717) is 19.5 Å². The van der Waals surface area contributed by atoms with E-state index in [1.807, 2.05) is 13.0 Å². The number of rotatable bonds is 6. The van der Waals surface area contributed by atoms with E-state index in [1.54, 1.807) is 17.0 Å². The molecule has 0 spiro atoms. The van der Waals surface area contributed by atoms with Crippen molar-refractivity contribution < 1.29 is 14.0 Å². The van der Waals surface area contributed by atoms with Crippen LogP contribution in [0.4, 0.5) is 9.18 Å². The number of urea groups is 1. The van der Waals surface area contributed by atoms with E-state index in [9.17, 15) is 14.0 Å². The fourth-order valence-corrected chi connectivity index (χ4v) is 3.33. The van der Waals surface area contributed by atoms with Gasteiger partial charge in [0.05, 0.1) is 0 Å². The van der Waals surface area contributed by atoms with Crippen LogP contribution in [-0.2, 0) is 10.2 Å². The summed E-state index contributed by atoms with van der Waals surface area (Å²) in [5.74, 6) is -0.0841. The monoisotopic (exact) mass is 333 g/mol. The van der Waals surface area contributed by atoms with Crippen molar-refractivity contribution >= 4 is 11.9 Å². The zero-order valence-corrected chi connectivity index (χ0v) is 14.0. The molecular formula is C18H24FN3O2. The van der Waals surface area contributed by atoms with Crippen molar-refractivity contribution in [2.75, 3.05) is 19.6 Å². The average Bonchev–Trinajstić information content (AvgIpc) is 3.24. The molecule has 5 nitrogen and oxygen atoms in total. The van der Waals surface area contributed by atoms with Gasteiger partial charge in [-0.05, 0) is 43.9 Å². The number of nitrogens with zero attached hydrogens (tertiary/aromatic N) is 1. The highest BCUT2D eigenvalue weighted by Gasteiger charge is 2.44. The van der Waals surface area contributed by atoms with E-state index in [1.165, 1.54) is 6.07 Å². The molecule has 1 saturated carbocycles. The number of hydrogen-bond acceptors (Lipinski definition) is 2. The molecule has 6 heteroatoms. The zero-order valence-electron chi connectivity index (χ0n) is 14.0. The standard InChI is InChI=1S/C18H24FN3O2/c1-13(11-22-9-3-6-16(22)23)21-17(24)20-12-18(7-8-18)14-4-2-5-15(19)10-14/h2,4-5,10,13H,3,6-9,11-12H2,1H3,(H2,20,21,24)/t13-/m1/s1. The largest absolute Gasteiger partial charge is 0.341 e. The minimum atomic E-state index is -0.243. The Kier molecular flexibility index (Phi) is 4.73. The lowest BCUT2D eigenvalue weighted by Crippen LogP contribution is -2.47. The second-order valence-corrected chi connectivity index (χ2v) is 6.96. The van der Waals surface area contributed by atoms with Crippen LogP contribution in [0.2, 0.25) is 0 Å². The SMILES string of the molecule is C[C@H](CN1CCCC1=O)NC(=O)NCC1(c2cccc(F)c2)CC1. The first-order chi connectivity index (χ1) is 11.5. The third-order valence-electron chi connectivity index (χ3n) is 4.92. The third kappa shape index (κ3) is 3.86. The Hall–Kier alpha value is -2.11. The number of amides is 3. The summed E-state index contributed by atoms with van der Waals surface area (Å²) in [7, 11) is 0. The molecule has 2 fully saturated rings. The summed E-state index contributed by atoms with van der Waals surface area (Å²) >= 11 is 0. The number of nitrogens with one attached hydrogen (secondary N) is 2. The van der Waals surface area contributed by atoms with Crippen LogP contribution < -0.4 is 10.6 Å². The van der Waals surface area contributed by atoms with Crippen molar-refractivity contribution in [2.45, 2.75) is 44.1 Å². The number of likely N-dealkylation sites (tertiary alicyclic amines) is 1. The van der Waals surface area contributed by atoms with Gasteiger partial charge in [-0.1, -0.05) is 12.1 Å². The van der Waals surface area contributed by atoms with E-state index in [0.717, 1.165) is 31.4 Å². The van der Waals surface area contributed by atoms with Crippen LogP contribution in [0.15, 0.2) is 24.3 Å². The molecule has 1 atom stereocenters. The molecule has 2 aliphatic rings. The summed E-state index contributed by atoms with van der Waals surface area (Å²) in [6, 6.07) is 6.26. The zero-order chi connectivity index (χ0) is 17.2. The Morgan fingerprint density at radius 3 is 2.83 bits per heavy atom. The highest BCUT2D eigenvalue weighted by atomic mass is 19.1. The lowest BCUT2D eigenvalue weighted by molar-refractivity contribution is -0.127. The van der Waals surface area contributed by atoms with Gasteiger partial charge in [0.25, 0.3) is 0 Å². The van der Waals surface area contributed by atoms with Gasteiger partial charge in [0, 0.05) is 37.5 Å². The lowest BCUT2D eigenvalue weighted by atomic mass is 9.96. The minimum Gasteiger partial charge on any atom is -0.341 e. The molecule has 0 aromatic heterocycles. The van der Waals surface area contributed by atoms with Crippen LogP contribution >= 0.6 is 0 Å². The molecule has 3 rings (SSSR count). The molecule has 1 aromatic rings. The highest BCUT2D eigenvalue weighted by molar-refractivity contribution is 5.78. The van der Waals surface area contributed by atoms with E-state index in [4.69, 9.17) is 0 Å². The smallest absolute Gasteiger partial charge is 0.315 e. The maximum absolute atomic E-state index is 13.4. The quantitative estimate of drug-likeness (QED) is 0.838. The van der Waals surface area contributed by atoms with Gasteiger partial charge < -0.3 is 15.5 Å². The highest BCUT2D eigenvalue weighted by Crippen LogP contribution is 2.47. The van der Waals surface area contributed by atoms with E-state index in [2.05, 4.69) is 10.6 Å². The Morgan fingerprint density at radius 2 is 2.21 bits per heavy atom. The second-order valence-electron chi connectivity index (χ2n) is 6.96. The molecule has 130 valence electrons. The molecule has 0 radical (unpaired) electrons. The summed E-state index contributed by atoms with van der Waals surface area (Å²) in [6.07, 6.45) is 3.41. The van der Waals surface area contributed by atoms with Crippen molar-refractivity contribution in [2.24, 2.45) is 0 Å². The summed E-state index contributed by atoms with van der Waals surface area (Å²) in [4.78, 5) is 25.5. The first-order valence-corrected chi connectivity index (χ1v) is 8.57. The van der Waals surface area contributed by atoms with Gasteiger partial charge in [-0.2, -0.15) is 0 Å². The first kappa shape index (κ1) is 16.7.